The molecule has 0 aromatic heterocycles. The van der Waals surface area contributed by atoms with E-state index in [0.29, 0.717) is 0 Å². The Morgan fingerprint density at radius 2 is 1.95 bits per heavy atom. The molecule has 2 fully saturated rings. The molecule has 0 bridgehead atoms. The molecule has 1 N–H and O–H groups in total. The molecule has 1 aromatic rings. The molecule has 19 heavy (non-hydrogen) atoms. The Balaban J connectivity index is 1.74. The van der Waals surface area contributed by atoms with Gasteiger partial charge >= 0.3 is 0 Å². The number of carbonyl (C=O) groups excluding carboxylic acids is 1. The highest BCUT2D eigenvalue weighted by molar-refractivity contribution is 9.10. The minimum Gasteiger partial charge on any atom is -0.376 e. The van der Waals surface area contributed by atoms with Crippen LogP contribution >= 0.6 is 15.9 Å². The molecule has 4 heteroatoms. The van der Waals surface area contributed by atoms with Crippen LogP contribution in [0, 0.1) is 17.8 Å². The van der Waals surface area contributed by atoms with E-state index in [1.54, 1.807) is 0 Å². The third kappa shape index (κ3) is 2.64. The molecule has 0 radical (unpaired) electrons. The van der Waals surface area contributed by atoms with E-state index in [1.807, 2.05) is 37.2 Å². The van der Waals surface area contributed by atoms with Crippen molar-refractivity contribution in [2.75, 3.05) is 24.3 Å². The van der Waals surface area contributed by atoms with Crippen LogP contribution in [0.2, 0.25) is 0 Å². The molecule has 2 aliphatic carbocycles. The van der Waals surface area contributed by atoms with Crippen molar-refractivity contribution in [2.45, 2.75) is 19.3 Å². The molecule has 1 amide bonds. The van der Waals surface area contributed by atoms with E-state index in [4.69, 9.17) is 0 Å². The van der Waals surface area contributed by atoms with Crippen LogP contribution in [0.25, 0.3) is 0 Å². The van der Waals surface area contributed by atoms with Gasteiger partial charge in [-0.15, -0.1) is 0 Å². The summed E-state index contributed by atoms with van der Waals surface area (Å²) in [4.78, 5) is 14.3. The van der Waals surface area contributed by atoms with E-state index in [2.05, 4.69) is 21.2 Å². The predicted octanol–water partition coefficient (Wildman–Crippen LogP) is 3.50. The lowest BCUT2D eigenvalue weighted by Gasteiger charge is -2.20. The number of carbonyl (C=O) groups is 1. The number of halogens is 1. The highest BCUT2D eigenvalue weighted by Gasteiger charge is 2.48. The number of benzene rings is 1. The molecule has 2 atom stereocenters. The number of rotatable bonds is 3. The van der Waals surface area contributed by atoms with Crippen LogP contribution in [0.4, 0.5) is 11.4 Å². The maximum Gasteiger partial charge on any atom is 0.227 e. The molecule has 2 unspecified atom stereocenters. The lowest BCUT2D eigenvalue weighted by molar-refractivity contribution is -0.119. The summed E-state index contributed by atoms with van der Waals surface area (Å²) in [5.41, 5.74) is 1.93. The second kappa shape index (κ2) is 4.82. The fourth-order valence-electron chi connectivity index (χ4n) is 3.16. The first kappa shape index (κ1) is 13.0. The zero-order valence-corrected chi connectivity index (χ0v) is 12.9. The third-order valence-electron chi connectivity index (χ3n) is 4.31. The van der Waals surface area contributed by atoms with Crippen molar-refractivity contribution >= 4 is 33.2 Å². The number of nitrogens with one attached hydrogen (secondary N) is 1. The van der Waals surface area contributed by atoms with Crippen LogP contribution in [0.1, 0.15) is 19.3 Å². The van der Waals surface area contributed by atoms with Crippen LogP contribution in [0.5, 0.6) is 0 Å². The standard InChI is InChI=1S/C15H19BrN2O/c1-18(2)14-4-3-12(16)8-13(14)17-15(19)11-6-9-5-10(9)7-11/h3-4,8-11H,5-7H2,1-2H3,(H,17,19). The Kier molecular flexibility index (Phi) is 3.29. The monoisotopic (exact) mass is 322 g/mol. The number of amides is 1. The molecule has 0 spiro atoms. The molecule has 2 saturated carbocycles. The van der Waals surface area contributed by atoms with Crippen LogP contribution in [0.3, 0.4) is 0 Å². The SMILES string of the molecule is CN(C)c1ccc(Br)cc1NC(=O)C1CC2CC2C1. The fraction of sp³-hybridized carbons (Fsp3) is 0.533. The minimum absolute atomic E-state index is 0.188. The fourth-order valence-corrected chi connectivity index (χ4v) is 3.52. The predicted molar refractivity (Wildman–Crippen MR) is 81.4 cm³/mol. The van der Waals surface area contributed by atoms with Gasteiger partial charge in [-0.1, -0.05) is 15.9 Å². The molecule has 3 rings (SSSR count). The van der Waals surface area contributed by atoms with Crippen molar-refractivity contribution in [1.82, 2.24) is 0 Å². The first-order valence-corrected chi connectivity index (χ1v) is 7.61. The Morgan fingerprint density at radius 3 is 2.58 bits per heavy atom. The number of hydrogen-bond acceptors (Lipinski definition) is 2. The summed E-state index contributed by atoms with van der Waals surface area (Å²) >= 11 is 3.47. The summed E-state index contributed by atoms with van der Waals surface area (Å²) in [5, 5.41) is 3.11. The third-order valence-corrected chi connectivity index (χ3v) is 4.81. The zero-order chi connectivity index (χ0) is 13.6. The van der Waals surface area contributed by atoms with E-state index >= 15 is 0 Å². The first-order chi connectivity index (χ1) is 9.04. The Hall–Kier alpha value is -1.03. The molecule has 0 aliphatic heterocycles. The van der Waals surface area contributed by atoms with Gasteiger partial charge in [0.25, 0.3) is 0 Å². The maximum atomic E-state index is 12.3. The van der Waals surface area contributed by atoms with Crippen molar-refractivity contribution in [3.8, 4) is 0 Å². The highest BCUT2D eigenvalue weighted by atomic mass is 79.9. The molecular weight excluding hydrogens is 304 g/mol. The van der Waals surface area contributed by atoms with Gasteiger partial charge in [0.05, 0.1) is 11.4 Å². The molecule has 0 heterocycles. The van der Waals surface area contributed by atoms with E-state index in [0.717, 1.165) is 40.5 Å². The summed E-state index contributed by atoms with van der Waals surface area (Å²) < 4.78 is 0.989. The van der Waals surface area contributed by atoms with Gasteiger partial charge in [0.15, 0.2) is 0 Å². The normalized spacial score (nSPS) is 27.8. The zero-order valence-electron chi connectivity index (χ0n) is 11.3. The van der Waals surface area contributed by atoms with E-state index in [9.17, 15) is 4.79 Å². The first-order valence-electron chi connectivity index (χ1n) is 6.82. The average Bonchev–Trinajstić information content (AvgIpc) is 2.95. The van der Waals surface area contributed by atoms with Crippen LogP contribution < -0.4 is 10.2 Å². The van der Waals surface area contributed by atoms with Crippen molar-refractivity contribution < 1.29 is 4.79 Å². The number of hydrogen-bond donors (Lipinski definition) is 1. The van der Waals surface area contributed by atoms with Crippen molar-refractivity contribution in [3.05, 3.63) is 22.7 Å². The van der Waals surface area contributed by atoms with Gasteiger partial charge in [0.2, 0.25) is 5.91 Å². The second-order valence-electron chi connectivity index (χ2n) is 5.97. The summed E-state index contributed by atoms with van der Waals surface area (Å²) in [7, 11) is 3.98. The number of fused-ring (bicyclic) bond motifs is 1. The highest BCUT2D eigenvalue weighted by Crippen LogP contribution is 2.54. The van der Waals surface area contributed by atoms with Gasteiger partial charge in [0.1, 0.15) is 0 Å². The topological polar surface area (TPSA) is 32.3 Å². The maximum absolute atomic E-state index is 12.3. The van der Waals surface area contributed by atoms with Crippen molar-refractivity contribution in [2.24, 2.45) is 17.8 Å². The molecule has 0 saturated heterocycles. The Morgan fingerprint density at radius 1 is 1.26 bits per heavy atom. The Labute approximate surface area is 122 Å². The quantitative estimate of drug-likeness (QED) is 0.923. The molecule has 102 valence electrons. The number of anilines is 2. The van der Waals surface area contributed by atoms with Gasteiger partial charge in [-0.25, -0.2) is 0 Å². The Bertz CT molecular complexity index is 505. The van der Waals surface area contributed by atoms with E-state index < -0.39 is 0 Å². The van der Waals surface area contributed by atoms with Crippen molar-refractivity contribution in [3.63, 3.8) is 0 Å². The summed E-state index contributed by atoms with van der Waals surface area (Å²) in [6.45, 7) is 0. The van der Waals surface area contributed by atoms with Gasteiger partial charge in [-0.3, -0.25) is 4.79 Å². The second-order valence-corrected chi connectivity index (χ2v) is 6.89. The largest absolute Gasteiger partial charge is 0.376 e. The summed E-state index contributed by atoms with van der Waals surface area (Å²) in [6.07, 6.45) is 3.52. The number of nitrogens with zero attached hydrogens (tertiary/aromatic N) is 1. The van der Waals surface area contributed by atoms with Gasteiger partial charge < -0.3 is 10.2 Å². The minimum atomic E-state index is 0.188. The molecule has 1 aromatic carbocycles. The van der Waals surface area contributed by atoms with Gasteiger partial charge in [-0.05, 0) is 49.3 Å². The summed E-state index contributed by atoms with van der Waals surface area (Å²) in [5.74, 6) is 2.09. The van der Waals surface area contributed by atoms with Crippen molar-refractivity contribution in [1.29, 1.82) is 0 Å². The van der Waals surface area contributed by atoms with Gasteiger partial charge in [-0.2, -0.15) is 0 Å². The lowest BCUT2D eigenvalue weighted by atomic mass is 10.0. The van der Waals surface area contributed by atoms with Crippen LogP contribution in [-0.4, -0.2) is 20.0 Å². The van der Waals surface area contributed by atoms with E-state index in [1.165, 1.54) is 6.42 Å². The molecular formula is C15H19BrN2O. The van der Waals surface area contributed by atoms with Gasteiger partial charge in [0, 0.05) is 24.5 Å². The van der Waals surface area contributed by atoms with Crippen LogP contribution in [-0.2, 0) is 4.79 Å². The van der Waals surface area contributed by atoms with Crippen LogP contribution in [0.15, 0.2) is 22.7 Å². The van der Waals surface area contributed by atoms with E-state index in [-0.39, 0.29) is 11.8 Å². The lowest BCUT2D eigenvalue weighted by Crippen LogP contribution is -2.23. The average molecular weight is 323 g/mol. The summed E-state index contributed by atoms with van der Waals surface area (Å²) in [6, 6.07) is 5.99. The molecule has 3 nitrogen and oxygen atoms in total. The smallest absolute Gasteiger partial charge is 0.227 e. The molecule has 2 aliphatic rings.